The van der Waals surface area contributed by atoms with Crippen LogP contribution in [-0.2, 0) is 0 Å². The molecule has 0 saturated heterocycles. The zero-order valence-electron chi connectivity index (χ0n) is 6.77. The van der Waals surface area contributed by atoms with Crippen molar-refractivity contribution in [2.45, 2.75) is 6.92 Å². The maximum atomic E-state index is 13.0. The molecule has 0 spiro atoms. The van der Waals surface area contributed by atoms with Crippen molar-refractivity contribution >= 4 is 11.7 Å². The number of benzene rings is 1. The Morgan fingerprint density at radius 3 is 2.54 bits per heavy atom. The van der Waals surface area contributed by atoms with Gasteiger partial charge in [0.2, 0.25) is 0 Å². The van der Waals surface area contributed by atoms with Gasteiger partial charge in [-0.1, -0.05) is 0 Å². The average molecular weight is 187 g/mol. The Hall–Kier alpha value is -1.65. The molecule has 0 aromatic heterocycles. The van der Waals surface area contributed by atoms with Crippen LogP contribution >= 0.6 is 0 Å². The Bertz CT molecular complexity index is 377. The first-order chi connectivity index (χ1) is 5.95. The van der Waals surface area contributed by atoms with Gasteiger partial charge in [0.05, 0.1) is 5.56 Å². The number of nitrogens with two attached hydrogens (primary N) is 1. The minimum absolute atomic E-state index is 0.161. The predicted molar refractivity (Wildman–Crippen MR) is 42.5 cm³/mol. The highest BCUT2D eigenvalue weighted by molar-refractivity contribution is 5.90. The molecule has 0 fully saturated rings. The van der Waals surface area contributed by atoms with Crippen molar-refractivity contribution in [1.29, 1.82) is 0 Å². The fourth-order valence-corrected chi connectivity index (χ4v) is 0.960. The third-order valence-electron chi connectivity index (χ3n) is 1.73. The second-order valence-electron chi connectivity index (χ2n) is 2.56. The normalized spacial score (nSPS) is 10.1. The number of hydrogen-bond donors (Lipinski definition) is 2. The summed E-state index contributed by atoms with van der Waals surface area (Å²) in [6.45, 7) is 1.23. The van der Waals surface area contributed by atoms with Crippen molar-refractivity contribution in [2.75, 3.05) is 5.73 Å². The van der Waals surface area contributed by atoms with Gasteiger partial charge in [-0.2, -0.15) is 0 Å². The van der Waals surface area contributed by atoms with E-state index in [9.17, 15) is 13.6 Å². The topological polar surface area (TPSA) is 63.3 Å². The minimum Gasteiger partial charge on any atom is -0.478 e. The lowest BCUT2D eigenvalue weighted by Crippen LogP contribution is -2.06. The summed E-state index contributed by atoms with van der Waals surface area (Å²) in [6, 6.07) is 0.704. The third-order valence-corrected chi connectivity index (χ3v) is 1.73. The van der Waals surface area contributed by atoms with Crippen LogP contribution in [0.4, 0.5) is 14.5 Å². The van der Waals surface area contributed by atoms with Gasteiger partial charge in [-0.15, -0.1) is 0 Å². The van der Waals surface area contributed by atoms with Gasteiger partial charge in [-0.05, 0) is 13.0 Å². The first-order valence-corrected chi connectivity index (χ1v) is 3.42. The fourth-order valence-electron chi connectivity index (χ4n) is 0.960. The molecule has 0 amide bonds. The smallest absolute Gasteiger partial charge is 0.336 e. The molecule has 1 aromatic carbocycles. The molecule has 0 bridgehead atoms. The van der Waals surface area contributed by atoms with E-state index in [0.29, 0.717) is 6.07 Å². The van der Waals surface area contributed by atoms with E-state index >= 15 is 0 Å². The molecule has 0 atom stereocenters. The Balaban J connectivity index is 3.50. The number of anilines is 1. The average Bonchev–Trinajstić information content (AvgIpc) is 2.07. The Morgan fingerprint density at radius 2 is 2.08 bits per heavy atom. The summed E-state index contributed by atoms with van der Waals surface area (Å²) in [5.41, 5.74) is 3.78. The molecule has 0 aliphatic heterocycles. The number of aromatic carboxylic acids is 1. The molecule has 1 rings (SSSR count). The fraction of sp³-hybridized carbons (Fsp3) is 0.125. The van der Waals surface area contributed by atoms with Crippen molar-refractivity contribution in [3.8, 4) is 0 Å². The lowest BCUT2D eigenvalue weighted by atomic mass is 10.1. The molecule has 70 valence electrons. The number of hydrogen-bond acceptors (Lipinski definition) is 2. The van der Waals surface area contributed by atoms with Crippen LogP contribution in [0, 0.1) is 18.6 Å². The van der Waals surface area contributed by atoms with Gasteiger partial charge < -0.3 is 10.8 Å². The van der Waals surface area contributed by atoms with Crippen LogP contribution < -0.4 is 5.73 Å². The molecule has 0 radical (unpaired) electrons. The van der Waals surface area contributed by atoms with Crippen molar-refractivity contribution in [1.82, 2.24) is 0 Å². The highest BCUT2D eigenvalue weighted by atomic mass is 19.1. The van der Waals surface area contributed by atoms with E-state index in [4.69, 9.17) is 10.8 Å². The van der Waals surface area contributed by atoms with Crippen LogP contribution in [0.5, 0.6) is 0 Å². The van der Waals surface area contributed by atoms with Crippen LogP contribution in [0.2, 0.25) is 0 Å². The summed E-state index contributed by atoms with van der Waals surface area (Å²) in [7, 11) is 0. The van der Waals surface area contributed by atoms with E-state index < -0.39 is 28.9 Å². The molecule has 0 saturated carbocycles. The number of halogens is 2. The lowest BCUT2D eigenvalue weighted by Gasteiger charge is -2.05. The summed E-state index contributed by atoms with van der Waals surface area (Å²) in [6.07, 6.45) is 0. The summed E-state index contributed by atoms with van der Waals surface area (Å²) in [5.74, 6) is -3.45. The number of carboxylic acid groups (broad SMARTS) is 1. The van der Waals surface area contributed by atoms with Crippen LogP contribution in [0.15, 0.2) is 6.07 Å². The second kappa shape index (κ2) is 3.01. The van der Waals surface area contributed by atoms with Crippen molar-refractivity contribution < 1.29 is 18.7 Å². The van der Waals surface area contributed by atoms with E-state index in [1.807, 2.05) is 0 Å². The van der Waals surface area contributed by atoms with Crippen molar-refractivity contribution in [2.24, 2.45) is 0 Å². The van der Waals surface area contributed by atoms with Crippen LogP contribution in [0.25, 0.3) is 0 Å². The molecule has 0 unspecified atom stereocenters. The van der Waals surface area contributed by atoms with E-state index in [1.54, 1.807) is 0 Å². The molecule has 3 nitrogen and oxygen atoms in total. The van der Waals surface area contributed by atoms with E-state index in [-0.39, 0.29) is 5.56 Å². The lowest BCUT2D eigenvalue weighted by molar-refractivity contribution is 0.0695. The van der Waals surface area contributed by atoms with Gasteiger partial charge in [-0.3, -0.25) is 0 Å². The zero-order chi connectivity index (χ0) is 10.2. The number of nitrogen functional groups attached to an aromatic ring is 1. The van der Waals surface area contributed by atoms with Gasteiger partial charge in [0, 0.05) is 5.56 Å². The molecule has 13 heavy (non-hydrogen) atoms. The molecule has 0 heterocycles. The van der Waals surface area contributed by atoms with Crippen LogP contribution in [0.3, 0.4) is 0 Å². The second-order valence-corrected chi connectivity index (χ2v) is 2.56. The highest BCUT2D eigenvalue weighted by Crippen LogP contribution is 2.22. The standard InChI is InChI=1S/C8H7F2NO2/c1-3-4(8(12)13)2-5(9)7(11)6(3)10/h2H,11H2,1H3,(H,12,13). The quantitative estimate of drug-likeness (QED) is 0.655. The van der Waals surface area contributed by atoms with Gasteiger partial charge >= 0.3 is 5.97 Å². The zero-order valence-corrected chi connectivity index (χ0v) is 6.77. The highest BCUT2D eigenvalue weighted by Gasteiger charge is 2.16. The molecular weight excluding hydrogens is 180 g/mol. The van der Waals surface area contributed by atoms with Crippen LogP contribution in [0.1, 0.15) is 15.9 Å². The van der Waals surface area contributed by atoms with Gasteiger partial charge in [0.1, 0.15) is 11.5 Å². The summed E-state index contributed by atoms with van der Waals surface area (Å²) in [5, 5.41) is 8.53. The van der Waals surface area contributed by atoms with E-state index in [0.717, 1.165) is 0 Å². The first-order valence-electron chi connectivity index (χ1n) is 3.42. The predicted octanol–water partition coefficient (Wildman–Crippen LogP) is 1.55. The first kappa shape index (κ1) is 9.44. The molecule has 0 aliphatic carbocycles. The molecule has 0 aliphatic rings. The van der Waals surface area contributed by atoms with Crippen molar-refractivity contribution in [3.05, 3.63) is 28.8 Å². The Labute approximate surface area is 72.8 Å². The van der Waals surface area contributed by atoms with E-state index in [1.165, 1.54) is 6.92 Å². The molecule has 3 N–H and O–H groups in total. The third kappa shape index (κ3) is 1.44. The van der Waals surface area contributed by atoms with Gasteiger partial charge in [-0.25, -0.2) is 13.6 Å². The maximum absolute atomic E-state index is 13.0. The maximum Gasteiger partial charge on any atom is 0.336 e. The Morgan fingerprint density at radius 1 is 1.54 bits per heavy atom. The van der Waals surface area contributed by atoms with Crippen molar-refractivity contribution in [3.63, 3.8) is 0 Å². The van der Waals surface area contributed by atoms with Crippen LogP contribution in [-0.4, -0.2) is 11.1 Å². The monoisotopic (exact) mass is 187 g/mol. The summed E-state index contributed by atoms with van der Waals surface area (Å²) >= 11 is 0. The minimum atomic E-state index is -1.38. The molecular formula is C8H7F2NO2. The van der Waals surface area contributed by atoms with Gasteiger partial charge in [0.25, 0.3) is 0 Å². The molecule has 1 aromatic rings. The summed E-state index contributed by atoms with van der Waals surface area (Å²) < 4.78 is 25.7. The number of carbonyl (C=O) groups is 1. The Kier molecular flexibility index (Phi) is 2.18. The van der Waals surface area contributed by atoms with E-state index in [2.05, 4.69) is 0 Å². The SMILES string of the molecule is Cc1c(C(=O)O)cc(F)c(N)c1F. The molecule has 5 heteroatoms. The van der Waals surface area contributed by atoms with Gasteiger partial charge in [0.15, 0.2) is 5.82 Å². The largest absolute Gasteiger partial charge is 0.478 e. The number of carboxylic acids is 1. The number of rotatable bonds is 1. The summed E-state index contributed by atoms with van der Waals surface area (Å²) in [4.78, 5) is 10.5.